The van der Waals surface area contributed by atoms with Gasteiger partial charge in [-0.3, -0.25) is 5.10 Å². The van der Waals surface area contributed by atoms with Crippen LogP contribution in [-0.2, 0) is 16.6 Å². The molecule has 108 valence electrons. The maximum Gasteiger partial charge on any atom is 0.243 e. The van der Waals surface area contributed by atoms with E-state index in [2.05, 4.69) is 15.2 Å². The fourth-order valence-corrected chi connectivity index (χ4v) is 3.14. The topological polar surface area (TPSA) is 79.0 Å². The first kappa shape index (κ1) is 14.6. The van der Waals surface area contributed by atoms with Crippen LogP contribution in [0.25, 0.3) is 0 Å². The monoisotopic (exact) mass is 298 g/mol. The molecule has 0 unspecified atom stereocenters. The molecule has 0 aliphatic carbocycles. The molecule has 0 amide bonds. The number of rotatable bonds is 4. The normalized spacial score (nSPS) is 12.1. The Hall–Kier alpha value is -1.80. The highest BCUT2D eigenvalue weighted by Crippen LogP contribution is 2.21. The molecular weight excluding hydrogens is 283 g/mol. The summed E-state index contributed by atoms with van der Waals surface area (Å²) in [5, 5.41) is 6.26. The van der Waals surface area contributed by atoms with Crippen molar-refractivity contribution in [2.75, 3.05) is 7.05 Å². The molecule has 20 heavy (non-hydrogen) atoms. The number of aryl methyl sites for hydroxylation is 2. The molecule has 6 nitrogen and oxygen atoms in total. The van der Waals surface area contributed by atoms with E-state index in [1.165, 1.54) is 39.4 Å². The molecule has 0 spiro atoms. The summed E-state index contributed by atoms with van der Waals surface area (Å²) in [6.07, 6.45) is 1.31. The van der Waals surface area contributed by atoms with Gasteiger partial charge in [0.2, 0.25) is 10.0 Å². The largest absolute Gasteiger partial charge is 0.262 e. The highest BCUT2D eigenvalue weighted by atomic mass is 32.2. The van der Waals surface area contributed by atoms with Crippen molar-refractivity contribution >= 4 is 10.0 Å². The van der Waals surface area contributed by atoms with Gasteiger partial charge in [-0.2, -0.15) is 9.40 Å². The molecule has 0 radical (unpaired) electrons. The number of aromatic amines is 1. The van der Waals surface area contributed by atoms with E-state index in [0.29, 0.717) is 17.0 Å². The Balaban J connectivity index is 2.35. The minimum atomic E-state index is -3.70. The van der Waals surface area contributed by atoms with E-state index in [-0.39, 0.29) is 17.3 Å². The van der Waals surface area contributed by atoms with Crippen molar-refractivity contribution in [3.05, 3.63) is 41.2 Å². The number of nitrogens with one attached hydrogen (secondary N) is 1. The zero-order valence-corrected chi connectivity index (χ0v) is 12.2. The van der Waals surface area contributed by atoms with Gasteiger partial charge in [0.05, 0.1) is 11.4 Å². The smallest absolute Gasteiger partial charge is 0.243 e. The lowest BCUT2D eigenvalue weighted by Crippen LogP contribution is -2.27. The zero-order valence-electron chi connectivity index (χ0n) is 11.4. The van der Waals surface area contributed by atoms with Crippen LogP contribution in [-0.4, -0.2) is 35.0 Å². The van der Waals surface area contributed by atoms with Gasteiger partial charge in [-0.15, -0.1) is 0 Å². The lowest BCUT2D eigenvalue weighted by atomic mass is 10.1. The summed E-state index contributed by atoms with van der Waals surface area (Å²) in [7, 11) is -2.26. The molecule has 0 fully saturated rings. The van der Waals surface area contributed by atoms with Crippen molar-refractivity contribution in [1.82, 2.24) is 19.5 Å². The van der Waals surface area contributed by atoms with Gasteiger partial charge in [-0.05, 0) is 37.1 Å². The summed E-state index contributed by atoms with van der Waals surface area (Å²) in [5.41, 5.74) is 0.605. The molecule has 1 aromatic carbocycles. The molecule has 0 aliphatic rings. The second-order valence-corrected chi connectivity index (χ2v) is 6.61. The lowest BCUT2D eigenvalue weighted by Gasteiger charge is -2.17. The maximum atomic E-state index is 13.6. The Morgan fingerprint density at radius 3 is 2.40 bits per heavy atom. The standard InChI is InChI=1S/C12H15FN4O2S/c1-8-4-10(5-9(2)12(8)13)20(18,19)17(3)6-11-14-7-15-16-11/h4-5,7H,6H2,1-3H3,(H,14,15,16). The summed E-state index contributed by atoms with van der Waals surface area (Å²) in [5.74, 6) is 0.0495. The van der Waals surface area contributed by atoms with Crippen LogP contribution in [0.15, 0.2) is 23.4 Å². The zero-order chi connectivity index (χ0) is 14.9. The van der Waals surface area contributed by atoms with Gasteiger partial charge in [0.1, 0.15) is 18.0 Å². The van der Waals surface area contributed by atoms with Crippen LogP contribution in [0.3, 0.4) is 0 Å². The Morgan fingerprint density at radius 1 is 1.30 bits per heavy atom. The Labute approximate surface area is 116 Å². The molecule has 1 N–H and O–H groups in total. The van der Waals surface area contributed by atoms with Gasteiger partial charge in [-0.1, -0.05) is 0 Å². The van der Waals surface area contributed by atoms with Gasteiger partial charge < -0.3 is 0 Å². The van der Waals surface area contributed by atoms with Gasteiger partial charge in [0.15, 0.2) is 0 Å². The molecule has 0 bridgehead atoms. The molecule has 1 heterocycles. The third-order valence-electron chi connectivity index (χ3n) is 2.96. The van der Waals surface area contributed by atoms with E-state index < -0.39 is 10.0 Å². The van der Waals surface area contributed by atoms with Crippen LogP contribution in [0.1, 0.15) is 17.0 Å². The summed E-state index contributed by atoms with van der Waals surface area (Å²) < 4.78 is 39.5. The fraction of sp³-hybridized carbons (Fsp3) is 0.333. The van der Waals surface area contributed by atoms with Gasteiger partial charge in [0, 0.05) is 7.05 Å². The van der Waals surface area contributed by atoms with E-state index in [9.17, 15) is 12.8 Å². The molecule has 2 rings (SSSR count). The van der Waals surface area contributed by atoms with Crippen LogP contribution in [0.5, 0.6) is 0 Å². The highest BCUT2D eigenvalue weighted by Gasteiger charge is 2.23. The van der Waals surface area contributed by atoms with Crippen LogP contribution in [0, 0.1) is 19.7 Å². The van der Waals surface area contributed by atoms with Crippen LogP contribution >= 0.6 is 0 Å². The quantitative estimate of drug-likeness (QED) is 0.925. The number of hydrogen-bond donors (Lipinski definition) is 1. The predicted molar refractivity (Wildman–Crippen MR) is 70.9 cm³/mol. The minimum absolute atomic E-state index is 0.0657. The van der Waals surface area contributed by atoms with E-state index >= 15 is 0 Å². The van der Waals surface area contributed by atoms with E-state index in [1.54, 1.807) is 0 Å². The highest BCUT2D eigenvalue weighted by molar-refractivity contribution is 7.89. The van der Waals surface area contributed by atoms with Crippen LogP contribution in [0.4, 0.5) is 4.39 Å². The Bertz CT molecular complexity index is 690. The van der Waals surface area contributed by atoms with Crippen molar-refractivity contribution in [3.8, 4) is 0 Å². The van der Waals surface area contributed by atoms with Gasteiger partial charge >= 0.3 is 0 Å². The van der Waals surface area contributed by atoms with E-state index in [1.807, 2.05) is 0 Å². The number of hydrogen-bond acceptors (Lipinski definition) is 4. The lowest BCUT2D eigenvalue weighted by molar-refractivity contribution is 0.457. The van der Waals surface area contributed by atoms with E-state index in [0.717, 1.165) is 4.31 Å². The molecule has 0 atom stereocenters. The summed E-state index contributed by atoms with van der Waals surface area (Å²) >= 11 is 0. The third kappa shape index (κ3) is 2.70. The third-order valence-corrected chi connectivity index (χ3v) is 4.74. The predicted octanol–water partition coefficient (Wildman–Crippen LogP) is 1.38. The Morgan fingerprint density at radius 2 is 1.90 bits per heavy atom. The van der Waals surface area contributed by atoms with Crippen molar-refractivity contribution in [2.24, 2.45) is 0 Å². The second kappa shape index (κ2) is 5.29. The minimum Gasteiger partial charge on any atom is -0.262 e. The molecular formula is C12H15FN4O2S. The van der Waals surface area contributed by atoms with Gasteiger partial charge in [-0.25, -0.2) is 17.8 Å². The average molecular weight is 298 g/mol. The van der Waals surface area contributed by atoms with E-state index in [4.69, 9.17) is 0 Å². The summed E-state index contributed by atoms with van der Waals surface area (Å²) in [6.45, 7) is 3.15. The van der Waals surface area contributed by atoms with Crippen LogP contribution < -0.4 is 0 Å². The molecule has 2 aromatic rings. The molecule has 0 aliphatic heterocycles. The van der Waals surface area contributed by atoms with Crippen molar-refractivity contribution < 1.29 is 12.8 Å². The van der Waals surface area contributed by atoms with Crippen LogP contribution in [0.2, 0.25) is 0 Å². The molecule has 1 aromatic heterocycles. The number of nitrogens with zero attached hydrogens (tertiary/aromatic N) is 3. The number of halogens is 1. The van der Waals surface area contributed by atoms with Gasteiger partial charge in [0.25, 0.3) is 0 Å². The van der Waals surface area contributed by atoms with Crippen molar-refractivity contribution in [2.45, 2.75) is 25.3 Å². The number of H-pyrrole nitrogens is 1. The SMILES string of the molecule is Cc1cc(S(=O)(=O)N(C)Cc2ncn[nH]2)cc(C)c1F. The number of benzene rings is 1. The molecule has 0 saturated carbocycles. The average Bonchev–Trinajstić information content (AvgIpc) is 2.88. The summed E-state index contributed by atoms with van der Waals surface area (Å²) in [6, 6.07) is 2.66. The number of sulfonamides is 1. The van der Waals surface area contributed by atoms with Crippen molar-refractivity contribution in [1.29, 1.82) is 0 Å². The molecule has 8 heteroatoms. The first-order valence-corrected chi connectivity index (χ1v) is 7.33. The maximum absolute atomic E-state index is 13.6. The second-order valence-electron chi connectivity index (χ2n) is 4.56. The Kier molecular flexibility index (Phi) is 3.87. The number of aromatic nitrogens is 3. The summed E-state index contributed by atoms with van der Waals surface area (Å²) in [4.78, 5) is 3.95. The first-order valence-electron chi connectivity index (χ1n) is 5.89. The van der Waals surface area contributed by atoms with Crippen molar-refractivity contribution in [3.63, 3.8) is 0 Å². The molecule has 0 saturated heterocycles. The fourth-order valence-electron chi connectivity index (χ4n) is 1.84. The first-order chi connectivity index (χ1) is 9.32.